The smallest absolute Gasteiger partial charge is 0.317 e. The van der Waals surface area contributed by atoms with Gasteiger partial charge in [-0.2, -0.15) is 0 Å². The van der Waals surface area contributed by atoms with E-state index in [9.17, 15) is 9.90 Å². The van der Waals surface area contributed by atoms with E-state index in [2.05, 4.69) is 5.32 Å². The highest BCUT2D eigenvalue weighted by molar-refractivity contribution is 5.74. The summed E-state index contributed by atoms with van der Waals surface area (Å²) < 4.78 is 5.53. The molecule has 0 aromatic carbocycles. The fraction of sp³-hybridized carbons (Fsp3) is 0.933. The number of hydrogen-bond acceptors (Lipinski definition) is 3. The largest absolute Gasteiger partial charge is 0.393 e. The van der Waals surface area contributed by atoms with Crippen molar-refractivity contribution in [2.45, 2.75) is 63.7 Å². The maximum atomic E-state index is 12.3. The Hall–Kier alpha value is -0.810. The summed E-state index contributed by atoms with van der Waals surface area (Å²) in [5.74, 6) is 0.216. The number of amides is 2. The molecule has 5 nitrogen and oxygen atoms in total. The molecule has 1 heterocycles. The summed E-state index contributed by atoms with van der Waals surface area (Å²) in [6, 6.07) is 0.127. The van der Waals surface area contributed by atoms with E-state index in [0.717, 1.165) is 32.2 Å². The molecule has 2 amide bonds. The first kappa shape index (κ1) is 15.6. The Morgan fingerprint density at radius 2 is 2.05 bits per heavy atom. The first-order valence-corrected chi connectivity index (χ1v) is 7.88. The fourth-order valence-electron chi connectivity index (χ4n) is 3.34. The van der Waals surface area contributed by atoms with Gasteiger partial charge in [0.1, 0.15) is 0 Å². The van der Waals surface area contributed by atoms with Gasteiger partial charge in [0.05, 0.1) is 18.2 Å². The zero-order chi connectivity index (χ0) is 14.5. The third-order valence-electron chi connectivity index (χ3n) is 4.76. The monoisotopic (exact) mass is 284 g/mol. The highest BCUT2D eigenvalue weighted by Gasteiger charge is 2.31. The molecule has 0 aromatic heterocycles. The Bertz CT molecular complexity index is 322. The maximum Gasteiger partial charge on any atom is 0.317 e. The number of urea groups is 1. The maximum absolute atomic E-state index is 12.3. The Morgan fingerprint density at radius 3 is 2.70 bits per heavy atom. The minimum Gasteiger partial charge on any atom is -0.393 e. The SMILES string of the molecule is CO[C@@H]1CCCCC[C@@H]1NC(=O)N1CC[C@@H]([C@@H](C)O)C1. The van der Waals surface area contributed by atoms with Crippen LogP contribution in [0.25, 0.3) is 0 Å². The molecule has 5 heteroatoms. The molecule has 0 bridgehead atoms. The molecule has 2 N–H and O–H groups in total. The van der Waals surface area contributed by atoms with Crippen molar-refractivity contribution in [3.63, 3.8) is 0 Å². The number of likely N-dealkylation sites (tertiary alicyclic amines) is 1. The molecule has 2 rings (SSSR count). The third-order valence-corrected chi connectivity index (χ3v) is 4.76. The Kier molecular flexibility index (Phi) is 5.66. The number of nitrogens with zero attached hydrogens (tertiary/aromatic N) is 1. The average molecular weight is 284 g/mol. The summed E-state index contributed by atoms with van der Waals surface area (Å²) in [6.07, 6.45) is 6.27. The molecule has 0 aromatic rings. The number of methoxy groups -OCH3 is 1. The first-order chi connectivity index (χ1) is 9.61. The average Bonchev–Trinajstić information content (AvgIpc) is 2.82. The van der Waals surface area contributed by atoms with E-state index in [4.69, 9.17) is 4.74 Å². The minimum atomic E-state index is -0.336. The van der Waals surface area contributed by atoms with Crippen molar-refractivity contribution >= 4 is 6.03 Å². The summed E-state index contributed by atoms with van der Waals surface area (Å²) >= 11 is 0. The van der Waals surface area contributed by atoms with Crippen molar-refractivity contribution in [3.8, 4) is 0 Å². The van der Waals surface area contributed by atoms with Crippen molar-refractivity contribution in [1.29, 1.82) is 0 Å². The van der Waals surface area contributed by atoms with E-state index >= 15 is 0 Å². The van der Waals surface area contributed by atoms with Gasteiger partial charge in [-0.05, 0) is 26.2 Å². The van der Waals surface area contributed by atoms with Crippen molar-refractivity contribution in [2.75, 3.05) is 20.2 Å². The molecule has 2 aliphatic rings. The van der Waals surface area contributed by atoms with E-state index in [1.807, 2.05) is 4.90 Å². The van der Waals surface area contributed by atoms with Gasteiger partial charge in [0.15, 0.2) is 0 Å². The van der Waals surface area contributed by atoms with Crippen molar-refractivity contribution in [2.24, 2.45) is 5.92 Å². The number of ether oxygens (including phenoxy) is 1. The predicted octanol–water partition coefficient (Wildman–Crippen LogP) is 1.75. The van der Waals surface area contributed by atoms with Gasteiger partial charge in [0, 0.05) is 26.1 Å². The molecule has 20 heavy (non-hydrogen) atoms. The first-order valence-electron chi connectivity index (χ1n) is 7.88. The lowest BCUT2D eigenvalue weighted by atomic mass is 10.0. The molecule has 116 valence electrons. The Morgan fingerprint density at radius 1 is 1.30 bits per heavy atom. The molecule has 2 fully saturated rings. The molecular weight excluding hydrogens is 256 g/mol. The highest BCUT2D eigenvalue weighted by atomic mass is 16.5. The van der Waals surface area contributed by atoms with Gasteiger partial charge in [0.25, 0.3) is 0 Å². The van der Waals surface area contributed by atoms with Gasteiger partial charge in [-0.15, -0.1) is 0 Å². The van der Waals surface area contributed by atoms with Crippen molar-refractivity contribution < 1.29 is 14.6 Å². The van der Waals surface area contributed by atoms with Crippen LogP contribution in [0.5, 0.6) is 0 Å². The number of carbonyl (C=O) groups excluding carboxylic acids is 1. The predicted molar refractivity (Wildman–Crippen MR) is 77.6 cm³/mol. The normalized spacial score (nSPS) is 32.8. The van der Waals surface area contributed by atoms with Crippen LogP contribution in [0.4, 0.5) is 4.79 Å². The van der Waals surface area contributed by atoms with Gasteiger partial charge in [0.2, 0.25) is 0 Å². The van der Waals surface area contributed by atoms with Gasteiger partial charge in [-0.25, -0.2) is 4.79 Å². The highest BCUT2D eigenvalue weighted by Crippen LogP contribution is 2.22. The summed E-state index contributed by atoms with van der Waals surface area (Å²) in [5.41, 5.74) is 0. The van der Waals surface area contributed by atoms with E-state index in [1.54, 1.807) is 14.0 Å². The molecule has 0 radical (unpaired) electrons. The van der Waals surface area contributed by atoms with Crippen LogP contribution < -0.4 is 5.32 Å². The van der Waals surface area contributed by atoms with Gasteiger partial charge >= 0.3 is 6.03 Å². The zero-order valence-corrected chi connectivity index (χ0v) is 12.7. The van der Waals surface area contributed by atoms with Crippen LogP contribution in [0.2, 0.25) is 0 Å². The minimum absolute atomic E-state index is 0.00194. The molecule has 0 spiro atoms. The van der Waals surface area contributed by atoms with Crippen molar-refractivity contribution in [1.82, 2.24) is 10.2 Å². The van der Waals surface area contributed by atoms with Gasteiger partial charge in [-0.1, -0.05) is 19.3 Å². The number of aliphatic hydroxyl groups is 1. The van der Waals surface area contributed by atoms with Crippen LogP contribution in [0.3, 0.4) is 0 Å². The van der Waals surface area contributed by atoms with E-state index in [1.165, 1.54) is 12.8 Å². The third kappa shape index (κ3) is 3.85. The van der Waals surface area contributed by atoms with Gasteiger partial charge in [-0.3, -0.25) is 0 Å². The summed E-state index contributed by atoms with van der Waals surface area (Å²) in [4.78, 5) is 14.2. The summed E-state index contributed by atoms with van der Waals surface area (Å²) in [5, 5.41) is 12.8. The van der Waals surface area contributed by atoms with Crippen LogP contribution in [-0.2, 0) is 4.74 Å². The van der Waals surface area contributed by atoms with E-state index < -0.39 is 0 Å². The van der Waals surface area contributed by atoms with Crippen molar-refractivity contribution in [3.05, 3.63) is 0 Å². The second-order valence-corrected chi connectivity index (χ2v) is 6.20. The quantitative estimate of drug-likeness (QED) is 0.776. The van der Waals surface area contributed by atoms with Crippen LogP contribution in [-0.4, -0.2) is 54.5 Å². The number of hydrogen-bond donors (Lipinski definition) is 2. The lowest BCUT2D eigenvalue weighted by molar-refractivity contribution is 0.0637. The summed E-state index contributed by atoms with van der Waals surface area (Å²) in [7, 11) is 1.73. The van der Waals surface area contributed by atoms with Crippen LogP contribution >= 0.6 is 0 Å². The molecule has 0 unspecified atom stereocenters. The number of rotatable bonds is 3. The standard InChI is InChI=1S/C15H28N2O3/c1-11(18)12-8-9-17(10-12)15(19)16-13-6-4-3-5-7-14(13)20-2/h11-14,18H,3-10H2,1-2H3,(H,16,19)/t11-,12-,13+,14-/m1/s1. The molecular formula is C15H28N2O3. The van der Waals surface area contributed by atoms with Crippen LogP contribution in [0.1, 0.15) is 45.4 Å². The lowest BCUT2D eigenvalue weighted by Gasteiger charge is -2.27. The number of nitrogens with one attached hydrogen (secondary N) is 1. The Balaban J connectivity index is 1.86. The summed E-state index contributed by atoms with van der Waals surface area (Å²) in [6.45, 7) is 3.21. The fourth-order valence-corrected chi connectivity index (χ4v) is 3.34. The number of aliphatic hydroxyl groups excluding tert-OH is 1. The van der Waals surface area contributed by atoms with E-state index in [-0.39, 0.29) is 30.2 Å². The second-order valence-electron chi connectivity index (χ2n) is 6.20. The molecule has 4 atom stereocenters. The topological polar surface area (TPSA) is 61.8 Å². The van der Waals surface area contributed by atoms with Crippen LogP contribution in [0, 0.1) is 5.92 Å². The van der Waals surface area contributed by atoms with E-state index in [0.29, 0.717) is 6.54 Å². The second kappa shape index (κ2) is 7.27. The lowest BCUT2D eigenvalue weighted by Crippen LogP contribution is -2.49. The molecule has 1 aliphatic carbocycles. The molecule has 1 saturated heterocycles. The molecule has 1 saturated carbocycles. The number of carbonyl (C=O) groups is 1. The molecule has 1 aliphatic heterocycles. The zero-order valence-electron chi connectivity index (χ0n) is 12.7. The van der Waals surface area contributed by atoms with Crippen LogP contribution in [0.15, 0.2) is 0 Å². The Labute approximate surface area is 121 Å². The van der Waals surface area contributed by atoms with Gasteiger partial charge < -0.3 is 20.1 Å².